The highest BCUT2D eigenvalue weighted by Crippen LogP contribution is 2.69. The van der Waals surface area contributed by atoms with Gasteiger partial charge in [-0.3, -0.25) is 0 Å². The molecule has 9 heteroatoms. The van der Waals surface area contributed by atoms with Crippen molar-refractivity contribution >= 4 is 16.2 Å². The lowest BCUT2D eigenvalue weighted by atomic mass is 9.69. The third kappa shape index (κ3) is 1.60. The predicted octanol–water partition coefficient (Wildman–Crippen LogP) is 1.01. The first kappa shape index (κ1) is 17.3. The molecule has 8 nitrogen and oxygen atoms in total. The highest BCUT2D eigenvalue weighted by atomic mass is 32.2. The third-order valence-electron chi connectivity index (χ3n) is 9.21. The van der Waals surface area contributed by atoms with Crippen LogP contribution in [0, 0.1) is 16.7 Å². The standard InChI is InChI=1S/C19H26N4O4S/c1-18(2)11-4-7-19(18,3)14(10-11)22-16(24)20-8-5-12-15(23(20)17(22)25)13-6-9-21(12)28(13,26)27/h5,8,11-15H,4,6-7,9-10H2,1-3H3/t11-,12+,13-,14+,15-,19+/m1/s1. The molecule has 1 unspecified atom stereocenters. The summed E-state index contributed by atoms with van der Waals surface area (Å²) in [5.74, 6) is 0.507. The topological polar surface area (TPSA) is 86.3 Å². The van der Waals surface area contributed by atoms with E-state index in [1.54, 1.807) is 12.3 Å². The molecule has 28 heavy (non-hydrogen) atoms. The molecule has 0 amide bonds. The van der Waals surface area contributed by atoms with Gasteiger partial charge in [0.2, 0.25) is 10.0 Å². The Morgan fingerprint density at radius 3 is 2.50 bits per heavy atom. The summed E-state index contributed by atoms with van der Waals surface area (Å²) in [7, 11) is -3.40. The zero-order valence-electron chi connectivity index (χ0n) is 16.4. The van der Waals surface area contributed by atoms with Crippen molar-refractivity contribution in [3.63, 3.8) is 0 Å². The molecule has 4 fully saturated rings. The van der Waals surface area contributed by atoms with Crippen LogP contribution in [0.2, 0.25) is 0 Å². The Balaban J connectivity index is 1.54. The summed E-state index contributed by atoms with van der Waals surface area (Å²) in [5, 5.41) is -0.617. The molecule has 5 aliphatic rings. The minimum absolute atomic E-state index is 0.0799. The number of hydrogen-bond acceptors (Lipinski definition) is 4. The maximum absolute atomic E-state index is 13.5. The smallest absolute Gasteiger partial charge is 0.246 e. The van der Waals surface area contributed by atoms with Gasteiger partial charge in [0.1, 0.15) is 5.25 Å². The monoisotopic (exact) mass is 406 g/mol. The lowest BCUT2D eigenvalue weighted by Gasteiger charge is -2.38. The van der Waals surface area contributed by atoms with Crippen LogP contribution in [0.3, 0.4) is 0 Å². The van der Waals surface area contributed by atoms with E-state index in [1.807, 2.05) is 0 Å². The van der Waals surface area contributed by atoms with Crippen LogP contribution in [-0.2, 0) is 10.0 Å². The number of fused-ring (bicyclic) bond motifs is 9. The molecule has 3 aliphatic heterocycles. The van der Waals surface area contributed by atoms with Gasteiger partial charge in [0.15, 0.2) is 0 Å². The van der Waals surface area contributed by atoms with Gasteiger partial charge in [0, 0.05) is 18.8 Å². The fourth-order valence-corrected chi connectivity index (χ4v) is 9.43. The molecule has 0 N–H and O–H groups in total. The highest BCUT2D eigenvalue weighted by Gasteiger charge is 2.64. The molecule has 4 heterocycles. The van der Waals surface area contributed by atoms with Gasteiger partial charge in [0.25, 0.3) is 0 Å². The van der Waals surface area contributed by atoms with Crippen LogP contribution >= 0.6 is 0 Å². The van der Waals surface area contributed by atoms with E-state index in [0.717, 1.165) is 19.3 Å². The van der Waals surface area contributed by atoms with Crippen LogP contribution in [0.4, 0.5) is 0 Å². The summed E-state index contributed by atoms with van der Waals surface area (Å²) < 4.78 is 31.2. The van der Waals surface area contributed by atoms with Crippen molar-refractivity contribution in [2.24, 2.45) is 16.7 Å². The van der Waals surface area contributed by atoms with Gasteiger partial charge < -0.3 is 0 Å². The van der Waals surface area contributed by atoms with Crippen LogP contribution in [-0.4, -0.2) is 44.5 Å². The first-order valence-electron chi connectivity index (χ1n) is 10.3. The van der Waals surface area contributed by atoms with E-state index in [4.69, 9.17) is 0 Å². The van der Waals surface area contributed by atoms with Crippen molar-refractivity contribution in [2.45, 2.75) is 69.8 Å². The fraction of sp³-hybridized carbons (Fsp3) is 0.789. The van der Waals surface area contributed by atoms with Crippen molar-refractivity contribution < 1.29 is 8.42 Å². The van der Waals surface area contributed by atoms with E-state index < -0.39 is 21.3 Å². The molecule has 2 aliphatic carbocycles. The van der Waals surface area contributed by atoms with Crippen molar-refractivity contribution in [1.82, 2.24) is 18.2 Å². The number of nitrogens with zero attached hydrogens (tertiary/aromatic N) is 4. The average molecular weight is 407 g/mol. The van der Waals surface area contributed by atoms with Crippen LogP contribution in [0.25, 0.3) is 6.20 Å². The Morgan fingerprint density at radius 1 is 1.11 bits per heavy atom. The average Bonchev–Trinajstić information content (AvgIpc) is 3.29. The molecule has 1 aromatic heterocycles. The Labute approximate surface area is 163 Å². The van der Waals surface area contributed by atoms with E-state index in [2.05, 4.69) is 20.8 Å². The summed E-state index contributed by atoms with van der Waals surface area (Å²) in [6.07, 6.45) is 6.88. The number of piperidine rings is 1. The molecule has 0 radical (unpaired) electrons. The van der Waals surface area contributed by atoms with Crippen molar-refractivity contribution in [3.8, 4) is 0 Å². The second-order valence-corrected chi connectivity index (χ2v) is 12.2. The molecule has 0 aromatic carbocycles. The van der Waals surface area contributed by atoms with Crippen LogP contribution < -0.4 is 11.4 Å². The molecule has 4 bridgehead atoms. The summed E-state index contributed by atoms with van der Waals surface area (Å²) in [6.45, 7) is 7.23. The Morgan fingerprint density at radius 2 is 1.86 bits per heavy atom. The number of rotatable bonds is 1. The second kappa shape index (κ2) is 4.75. The minimum atomic E-state index is -3.40. The number of sulfonamides is 1. The van der Waals surface area contributed by atoms with E-state index >= 15 is 0 Å². The van der Waals surface area contributed by atoms with E-state index in [-0.39, 0.29) is 34.3 Å². The Bertz CT molecular complexity index is 1160. The van der Waals surface area contributed by atoms with Crippen LogP contribution in [0.15, 0.2) is 15.7 Å². The normalized spacial score (nSPS) is 46.1. The summed E-state index contributed by atoms with van der Waals surface area (Å²) in [6, 6.07) is -0.998. The van der Waals surface area contributed by atoms with E-state index in [0.29, 0.717) is 18.9 Å². The zero-order chi connectivity index (χ0) is 19.8. The SMILES string of the molecule is CC1(C)[C@@H]2CC[C@@]1(C)[C@@H](n1c(=O)n3n(c1=O)[C@H]1[C@H]4CCN([C@H]1C=C3)S4(=O)=O)C2. The number of aromatic nitrogens is 3. The van der Waals surface area contributed by atoms with Crippen molar-refractivity contribution in [2.75, 3.05) is 6.54 Å². The minimum Gasteiger partial charge on any atom is -0.246 e. The van der Waals surface area contributed by atoms with Gasteiger partial charge in [-0.1, -0.05) is 20.8 Å². The fourth-order valence-electron chi connectivity index (χ4n) is 7.15. The van der Waals surface area contributed by atoms with Gasteiger partial charge in [-0.2, -0.15) is 4.31 Å². The summed E-state index contributed by atoms with van der Waals surface area (Å²) in [4.78, 5) is 26.8. The van der Waals surface area contributed by atoms with Gasteiger partial charge in [-0.25, -0.2) is 31.9 Å². The maximum atomic E-state index is 13.5. The second-order valence-electron chi connectivity index (χ2n) is 10.1. The lowest BCUT2D eigenvalue weighted by Crippen LogP contribution is -2.46. The van der Waals surface area contributed by atoms with E-state index in [1.165, 1.54) is 18.2 Å². The molecule has 7 atom stereocenters. The van der Waals surface area contributed by atoms with Crippen molar-refractivity contribution in [1.29, 1.82) is 0 Å². The molecule has 2 saturated carbocycles. The summed E-state index contributed by atoms with van der Waals surface area (Å²) in [5.41, 5.74) is -0.699. The molecule has 6 rings (SSSR count). The summed E-state index contributed by atoms with van der Waals surface area (Å²) >= 11 is 0. The Hall–Kier alpha value is -1.61. The lowest BCUT2D eigenvalue weighted by molar-refractivity contribution is 0.103. The molecule has 1 aromatic rings. The van der Waals surface area contributed by atoms with Gasteiger partial charge in [-0.05, 0) is 48.5 Å². The zero-order valence-corrected chi connectivity index (χ0v) is 17.2. The first-order valence-corrected chi connectivity index (χ1v) is 11.8. The molecular formula is C19H26N4O4S. The highest BCUT2D eigenvalue weighted by molar-refractivity contribution is 7.90. The molecule has 2 saturated heterocycles. The number of hydrogen-bond donors (Lipinski definition) is 0. The first-order chi connectivity index (χ1) is 13.1. The quantitative estimate of drug-likeness (QED) is 0.697. The maximum Gasteiger partial charge on any atom is 0.351 e. The molecule has 0 spiro atoms. The third-order valence-corrected chi connectivity index (χ3v) is 11.6. The predicted molar refractivity (Wildman–Crippen MR) is 103 cm³/mol. The van der Waals surface area contributed by atoms with Gasteiger partial charge in [-0.15, -0.1) is 0 Å². The Kier molecular flexibility index (Phi) is 2.93. The van der Waals surface area contributed by atoms with Crippen LogP contribution in [0.5, 0.6) is 0 Å². The molecular weight excluding hydrogens is 380 g/mol. The van der Waals surface area contributed by atoms with E-state index in [9.17, 15) is 18.0 Å². The van der Waals surface area contributed by atoms with Crippen molar-refractivity contribution in [3.05, 3.63) is 27.0 Å². The molecule has 152 valence electrons. The largest absolute Gasteiger partial charge is 0.351 e. The van der Waals surface area contributed by atoms with Gasteiger partial charge in [0.05, 0.1) is 12.1 Å². The van der Waals surface area contributed by atoms with Gasteiger partial charge >= 0.3 is 11.4 Å². The van der Waals surface area contributed by atoms with Crippen LogP contribution in [0.1, 0.15) is 58.5 Å².